The van der Waals surface area contributed by atoms with Gasteiger partial charge in [0.05, 0.1) is 0 Å². The maximum Gasteiger partial charge on any atom is 0.0337 e. The maximum absolute atomic E-state index is 6.17. The third-order valence-corrected chi connectivity index (χ3v) is 5.05. The van der Waals surface area contributed by atoms with Crippen molar-refractivity contribution in [2.45, 2.75) is 30.0 Å². The van der Waals surface area contributed by atoms with E-state index in [9.17, 15) is 0 Å². The molecule has 1 aliphatic heterocycles. The molecule has 1 fully saturated rings. The second kappa shape index (κ2) is 7.42. The van der Waals surface area contributed by atoms with Crippen LogP contribution in [0, 0.1) is 5.92 Å². The van der Waals surface area contributed by atoms with E-state index >= 15 is 0 Å². The van der Waals surface area contributed by atoms with Crippen molar-refractivity contribution in [3.63, 3.8) is 0 Å². The summed E-state index contributed by atoms with van der Waals surface area (Å²) in [5.74, 6) is 1.91. The number of benzene rings is 1. The lowest BCUT2D eigenvalue weighted by molar-refractivity contribution is 0.193. The summed E-state index contributed by atoms with van der Waals surface area (Å²) in [6, 6.07) is 10.7. The van der Waals surface area contributed by atoms with Crippen molar-refractivity contribution in [2.75, 3.05) is 25.4 Å². The first-order valence-electron chi connectivity index (χ1n) is 6.80. The van der Waals surface area contributed by atoms with Crippen LogP contribution in [0.2, 0.25) is 0 Å². The molecule has 0 amide bonds. The minimum Gasteiger partial charge on any atom is -0.302 e. The van der Waals surface area contributed by atoms with Crippen LogP contribution in [0.5, 0.6) is 0 Å². The molecule has 1 aromatic rings. The molecule has 0 aromatic heterocycles. The molecule has 1 unspecified atom stereocenters. The second-order valence-corrected chi connectivity index (χ2v) is 6.87. The highest BCUT2D eigenvalue weighted by molar-refractivity contribution is 7.99. The van der Waals surface area contributed by atoms with Crippen LogP contribution >= 0.6 is 23.4 Å². The largest absolute Gasteiger partial charge is 0.302 e. The summed E-state index contributed by atoms with van der Waals surface area (Å²) < 4.78 is 0. The van der Waals surface area contributed by atoms with Crippen LogP contribution in [0.4, 0.5) is 0 Å². The Kier molecular flexibility index (Phi) is 5.87. The highest BCUT2D eigenvalue weighted by Crippen LogP contribution is 2.24. The van der Waals surface area contributed by atoms with Gasteiger partial charge in [-0.1, -0.05) is 18.2 Å². The Morgan fingerprint density at radius 1 is 1.28 bits per heavy atom. The third kappa shape index (κ3) is 4.49. The molecular weight excluding hydrogens is 262 g/mol. The molecule has 0 saturated carbocycles. The zero-order chi connectivity index (χ0) is 12.8. The average Bonchev–Trinajstić information content (AvgIpc) is 2.40. The Balaban J connectivity index is 1.64. The number of rotatable bonds is 5. The summed E-state index contributed by atoms with van der Waals surface area (Å²) in [5.41, 5.74) is 0. The zero-order valence-electron chi connectivity index (χ0n) is 11.0. The molecule has 1 aliphatic rings. The van der Waals surface area contributed by atoms with E-state index in [1.165, 1.54) is 43.1 Å². The number of thioether (sulfide) groups is 1. The lowest BCUT2D eigenvalue weighted by Gasteiger charge is -2.32. The summed E-state index contributed by atoms with van der Waals surface area (Å²) in [7, 11) is 0. The van der Waals surface area contributed by atoms with Gasteiger partial charge in [0, 0.05) is 22.6 Å². The van der Waals surface area contributed by atoms with E-state index in [1.54, 1.807) is 0 Å². The minimum atomic E-state index is 0.339. The van der Waals surface area contributed by atoms with Gasteiger partial charge in [-0.3, -0.25) is 0 Å². The minimum absolute atomic E-state index is 0.339. The standard InChI is InChI=1S/C15H22ClNS/c1-13(16)14-7-9-17(10-8-14)11-12-18-15-5-3-2-4-6-15/h2-6,13-14H,7-12H2,1H3. The fourth-order valence-corrected chi connectivity index (χ4v) is 3.63. The number of nitrogens with zero attached hydrogens (tertiary/aromatic N) is 1. The molecule has 0 aliphatic carbocycles. The lowest BCUT2D eigenvalue weighted by atomic mass is 9.94. The Hall–Kier alpha value is -0.180. The smallest absolute Gasteiger partial charge is 0.0337 e. The van der Waals surface area contributed by atoms with Crippen LogP contribution in [0.1, 0.15) is 19.8 Å². The number of hydrogen-bond acceptors (Lipinski definition) is 2. The predicted molar refractivity (Wildman–Crippen MR) is 81.6 cm³/mol. The molecule has 1 aromatic carbocycles. The van der Waals surface area contributed by atoms with Gasteiger partial charge in [-0.25, -0.2) is 0 Å². The van der Waals surface area contributed by atoms with Gasteiger partial charge in [-0.15, -0.1) is 23.4 Å². The van der Waals surface area contributed by atoms with Gasteiger partial charge in [0.1, 0.15) is 0 Å². The Bertz CT molecular complexity index is 334. The number of hydrogen-bond donors (Lipinski definition) is 0. The first-order chi connectivity index (χ1) is 8.75. The van der Waals surface area contributed by atoms with Crippen molar-refractivity contribution in [3.05, 3.63) is 30.3 Å². The average molecular weight is 284 g/mol. The Morgan fingerprint density at radius 3 is 2.56 bits per heavy atom. The molecule has 18 heavy (non-hydrogen) atoms. The normalized spacial score (nSPS) is 19.9. The van der Waals surface area contributed by atoms with Crippen molar-refractivity contribution < 1.29 is 0 Å². The zero-order valence-corrected chi connectivity index (χ0v) is 12.6. The quantitative estimate of drug-likeness (QED) is 0.591. The molecule has 2 rings (SSSR count). The maximum atomic E-state index is 6.17. The molecule has 1 heterocycles. The fraction of sp³-hybridized carbons (Fsp3) is 0.600. The van der Waals surface area contributed by atoms with Crippen molar-refractivity contribution in [1.29, 1.82) is 0 Å². The van der Waals surface area contributed by atoms with Gasteiger partial charge in [-0.05, 0) is 50.9 Å². The lowest BCUT2D eigenvalue weighted by Crippen LogP contribution is -2.37. The molecule has 1 nitrogen and oxygen atoms in total. The topological polar surface area (TPSA) is 3.24 Å². The van der Waals surface area contributed by atoms with Crippen LogP contribution in [0.25, 0.3) is 0 Å². The van der Waals surface area contributed by atoms with Crippen molar-refractivity contribution in [2.24, 2.45) is 5.92 Å². The molecule has 3 heteroatoms. The van der Waals surface area contributed by atoms with Crippen molar-refractivity contribution in [3.8, 4) is 0 Å². The van der Waals surface area contributed by atoms with E-state index in [2.05, 4.69) is 42.2 Å². The van der Waals surface area contributed by atoms with Crippen LogP contribution in [0.3, 0.4) is 0 Å². The van der Waals surface area contributed by atoms with Gasteiger partial charge in [-0.2, -0.15) is 0 Å². The molecule has 100 valence electrons. The molecule has 0 bridgehead atoms. The summed E-state index contributed by atoms with van der Waals surface area (Å²) in [4.78, 5) is 3.95. The molecule has 0 radical (unpaired) electrons. The van der Waals surface area contributed by atoms with Gasteiger partial charge in [0.2, 0.25) is 0 Å². The number of halogens is 1. The third-order valence-electron chi connectivity index (χ3n) is 3.70. The highest BCUT2D eigenvalue weighted by atomic mass is 35.5. The van der Waals surface area contributed by atoms with E-state index in [1.807, 2.05) is 11.8 Å². The van der Waals surface area contributed by atoms with E-state index in [0.717, 1.165) is 5.92 Å². The summed E-state index contributed by atoms with van der Waals surface area (Å²) in [6.45, 7) is 5.77. The van der Waals surface area contributed by atoms with Gasteiger partial charge >= 0.3 is 0 Å². The van der Waals surface area contributed by atoms with Crippen LogP contribution in [0.15, 0.2) is 35.2 Å². The molecule has 1 saturated heterocycles. The van der Waals surface area contributed by atoms with E-state index < -0.39 is 0 Å². The van der Waals surface area contributed by atoms with Crippen LogP contribution < -0.4 is 0 Å². The second-order valence-electron chi connectivity index (χ2n) is 5.02. The van der Waals surface area contributed by atoms with E-state index in [4.69, 9.17) is 11.6 Å². The predicted octanol–water partition coefficient (Wildman–Crippen LogP) is 4.12. The first kappa shape index (κ1) is 14.2. The molecule has 0 spiro atoms. The van der Waals surface area contributed by atoms with Crippen molar-refractivity contribution in [1.82, 2.24) is 4.90 Å². The van der Waals surface area contributed by atoms with E-state index in [-0.39, 0.29) is 0 Å². The number of likely N-dealkylation sites (tertiary alicyclic amines) is 1. The SMILES string of the molecule is CC(Cl)C1CCN(CCSc2ccccc2)CC1. The first-order valence-corrected chi connectivity index (χ1v) is 8.22. The molecule has 0 N–H and O–H groups in total. The van der Waals surface area contributed by atoms with Gasteiger partial charge in [0.15, 0.2) is 0 Å². The number of alkyl halides is 1. The highest BCUT2D eigenvalue weighted by Gasteiger charge is 2.22. The summed E-state index contributed by atoms with van der Waals surface area (Å²) in [6.07, 6.45) is 2.53. The molecular formula is C15H22ClNS. The monoisotopic (exact) mass is 283 g/mol. The van der Waals surface area contributed by atoms with Crippen molar-refractivity contribution >= 4 is 23.4 Å². The summed E-state index contributed by atoms with van der Waals surface area (Å²) in [5, 5.41) is 0.339. The fourth-order valence-electron chi connectivity index (χ4n) is 2.45. The molecule has 1 atom stereocenters. The summed E-state index contributed by atoms with van der Waals surface area (Å²) >= 11 is 8.12. The van der Waals surface area contributed by atoms with Gasteiger partial charge < -0.3 is 4.90 Å². The number of piperidine rings is 1. The Morgan fingerprint density at radius 2 is 1.94 bits per heavy atom. The van der Waals surface area contributed by atoms with E-state index in [0.29, 0.717) is 5.38 Å². The van der Waals surface area contributed by atoms with Crippen LogP contribution in [-0.2, 0) is 0 Å². The van der Waals surface area contributed by atoms with Gasteiger partial charge in [0.25, 0.3) is 0 Å². The Labute approximate surface area is 120 Å². The van der Waals surface area contributed by atoms with Crippen LogP contribution in [-0.4, -0.2) is 35.7 Å².